The van der Waals surface area contributed by atoms with Crippen LogP contribution in [0.2, 0.25) is 0 Å². The zero-order valence-corrected chi connectivity index (χ0v) is 28.3. The largest absolute Gasteiger partial charge is 0.394 e. The van der Waals surface area contributed by atoms with Gasteiger partial charge in [-0.05, 0) is 43.5 Å². The maximum Gasteiger partial charge on any atom is 0.128 e. The standard InChI is InChI=1S/C20H25NO5.2C7H14O5/c1-2-12-6-8-13(9-7-12)10-14-4-3-5-15(21-14)20-19(25)18(24)17(23)16(11-22)26-20;2*1-3-5(9)7(11)6(10)4(2-8)12-3/h3-9,16-20,22-25H,2,10-11H2,1H3;2*3-11H,2H2,1H3/t16-,17-,18+,19-,20+;2*3-,4+,5-,6+,7+/m100/s1. The van der Waals surface area contributed by atoms with Crippen LogP contribution in [0, 0.1) is 0 Å². The Morgan fingerprint density at radius 1 is 0.520 bits per heavy atom. The first kappa shape index (κ1) is 42.2. The SMILES string of the molecule is CCc1ccc(Cc2cccc([C@@H]3O[C@H](CO)[C@@H](O)[C@H](O)[C@H]3O)n2)cc1.C[C@@H]1O[C@H](CO)[C@@H](O)[C@H](O)[C@H]1O.C[C@@H]1O[C@H](CO)[C@@H](O)[C@H](O)[C@H]1O. The summed E-state index contributed by atoms with van der Waals surface area (Å²) in [6, 6.07) is 13.7. The molecule has 3 saturated heterocycles. The summed E-state index contributed by atoms with van der Waals surface area (Å²) in [4.78, 5) is 4.55. The average molecular weight is 716 g/mol. The van der Waals surface area contributed by atoms with E-state index >= 15 is 0 Å². The highest BCUT2D eigenvalue weighted by Crippen LogP contribution is 2.31. The van der Waals surface area contributed by atoms with Gasteiger partial charge >= 0.3 is 0 Å². The molecular weight excluding hydrogens is 662 g/mol. The lowest BCUT2D eigenvalue weighted by Crippen LogP contribution is -2.57. The molecule has 5 rings (SSSR count). The van der Waals surface area contributed by atoms with E-state index in [2.05, 4.69) is 36.2 Å². The number of pyridine rings is 1. The number of hydrogen-bond acceptors (Lipinski definition) is 16. The van der Waals surface area contributed by atoms with Crippen LogP contribution in [-0.4, -0.2) is 172 Å². The van der Waals surface area contributed by atoms with Crippen molar-refractivity contribution in [2.24, 2.45) is 0 Å². The Kier molecular flexibility index (Phi) is 16.5. The van der Waals surface area contributed by atoms with Crippen molar-refractivity contribution in [2.45, 2.75) is 125 Å². The highest BCUT2D eigenvalue weighted by molar-refractivity contribution is 5.27. The van der Waals surface area contributed by atoms with Crippen molar-refractivity contribution in [1.29, 1.82) is 0 Å². The fourth-order valence-electron chi connectivity index (χ4n) is 5.78. The van der Waals surface area contributed by atoms with Gasteiger partial charge in [-0.2, -0.15) is 0 Å². The van der Waals surface area contributed by atoms with Crippen molar-refractivity contribution >= 4 is 0 Å². The summed E-state index contributed by atoms with van der Waals surface area (Å²) in [7, 11) is 0. The number of nitrogens with zero attached hydrogens (tertiary/aromatic N) is 1. The van der Waals surface area contributed by atoms with Gasteiger partial charge in [0.05, 0.1) is 37.7 Å². The van der Waals surface area contributed by atoms with Crippen molar-refractivity contribution < 1.29 is 75.5 Å². The molecule has 0 radical (unpaired) electrons. The fourth-order valence-corrected chi connectivity index (χ4v) is 5.78. The summed E-state index contributed by atoms with van der Waals surface area (Å²) in [6.07, 6.45) is -14.2. The third-order valence-corrected chi connectivity index (χ3v) is 9.09. The van der Waals surface area contributed by atoms with E-state index in [4.69, 9.17) is 24.4 Å². The lowest BCUT2D eigenvalue weighted by atomic mass is 9.93. The quantitative estimate of drug-likeness (QED) is 0.132. The maximum absolute atomic E-state index is 10.3. The number of aromatic nitrogens is 1. The van der Waals surface area contributed by atoms with Crippen LogP contribution in [0.15, 0.2) is 42.5 Å². The van der Waals surface area contributed by atoms with Crippen LogP contribution in [0.5, 0.6) is 0 Å². The number of benzene rings is 1. The van der Waals surface area contributed by atoms with Gasteiger partial charge in [0.25, 0.3) is 0 Å². The molecule has 3 aliphatic heterocycles. The normalized spacial score (nSPS) is 38.7. The van der Waals surface area contributed by atoms with E-state index < -0.39 is 98.2 Å². The first-order valence-corrected chi connectivity index (χ1v) is 16.6. The van der Waals surface area contributed by atoms with Gasteiger partial charge in [-0.1, -0.05) is 37.3 Å². The number of ether oxygens (including phenoxy) is 3. The van der Waals surface area contributed by atoms with Crippen LogP contribution in [0.25, 0.3) is 0 Å². The molecule has 0 amide bonds. The zero-order valence-electron chi connectivity index (χ0n) is 28.3. The van der Waals surface area contributed by atoms with Crippen molar-refractivity contribution in [3.63, 3.8) is 0 Å². The minimum atomic E-state index is -1.40. The molecule has 0 spiro atoms. The molecule has 15 atom stereocenters. The highest BCUT2D eigenvalue weighted by Gasteiger charge is 2.45. The lowest BCUT2D eigenvalue weighted by Gasteiger charge is -2.39. The Labute approximate surface area is 290 Å². The van der Waals surface area contributed by atoms with E-state index in [1.165, 1.54) is 5.56 Å². The molecular formula is C34H53NO15. The summed E-state index contributed by atoms with van der Waals surface area (Å²) in [5.74, 6) is 0. The van der Waals surface area contributed by atoms with Gasteiger partial charge < -0.3 is 75.5 Å². The molecule has 0 bridgehead atoms. The molecule has 16 nitrogen and oxygen atoms in total. The summed E-state index contributed by atoms with van der Waals surface area (Å²) in [5, 5.41) is 112. The van der Waals surface area contributed by atoms with Crippen LogP contribution >= 0.6 is 0 Å². The molecule has 2 aromatic rings. The van der Waals surface area contributed by atoms with E-state index in [9.17, 15) is 51.1 Å². The van der Waals surface area contributed by atoms with Crippen molar-refractivity contribution in [1.82, 2.24) is 4.98 Å². The third-order valence-electron chi connectivity index (χ3n) is 9.09. The molecule has 1 aromatic carbocycles. The fraction of sp³-hybridized carbons (Fsp3) is 0.676. The summed E-state index contributed by atoms with van der Waals surface area (Å²) in [6.45, 7) is 4.07. The molecule has 16 heteroatoms. The lowest BCUT2D eigenvalue weighted by molar-refractivity contribution is -0.232. The van der Waals surface area contributed by atoms with E-state index in [-0.39, 0.29) is 13.2 Å². The number of aryl methyl sites for hydroxylation is 1. The Morgan fingerprint density at radius 3 is 1.38 bits per heavy atom. The van der Waals surface area contributed by atoms with Gasteiger partial charge in [0, 0.05) is 12.1 Å². The molecule has 284 valence electrons. The summed E-state index contributed by atoms with van der Waals surface area (Å²) in [5.41, 5.74) is 3.67. The molecule has 3 aliphatic rings. The second-order valence-corrected chi connectivity index (χ2v) is 12.7. The van der Waals surface area contributed by atoms with Crippen LogP contribution in [0.1, 0.15) is 49.4 Å². The van der Waals surface area contributed by atoms with E-state index in [0.717, 1.165) is 17.7 Å². The van der Waals surface area contributed by atoms with Gasteiger partial charge in [-0.25, -0.2) is 0 Å². The number of hydrogen-bond donors (Lipinski definition) is 12. The van der Waals surface area contributed by atoms with E-state index in [1.807, 2.05) is 12.1 Å². The summed E-state index contributed by atoms with van der Waals surface area (Å²) < 4.78 is 15.6. The van der Waals surface area contributed by atoms with E-state index in [0.29, 0.717) is 12.1 Å². The zero-order chi connectivity index (χ0) is 37.3. The van der Waals surface area contributed by atoms with Crippen molar-refractivity contribution in [2.75, 3.05) is 19.8 Å². The van der Waals surface area contributed by atoms with Gasteiger partial charge in [0.15, 0.2) is 0 Å². The molecule has 1 aromatic heterocycles. The van der Waals surface area contributed by atoms with Gasteiger partial charge in [0.2, 0.25) is 0 Å². The molecule has 0 unspecified atom stereocenters. The van der Waals surface area contributed by atoms with Gasteiger partial charge in [-0.3, -0.25) is 4.98 Å². The first-order chi connectivity index (χ1) is 23.7. The molecule has 0 aliphatic carbocycles. The first-order valence-electron chi connectivity index (χ1n) is 16.6. The Hall–Kier alpha value is -2.23. The minimum Gasteiger partial charge on any atom is -0.394 e. The minimum absolute atomic E-state index is 0.366. The van der Waals surface area contributed by atoms with Gasteiger partial charge in [-0.15, -0.1) is 0 Å². The Bertz CT molecular complexity index is 1230. The monoisotopic (exact) mass is 715 g/mol. The Morgan fingerprint density at radius 2 is 0.940 bits per heavy atom. The average Bonchev–Trinajstić information content (AvgIpc) is 3.13. The molecule has 50 heavy (non-hydrogen) atoms. The molecule has 12 N–H and O–H groups in total. The van der Waals surface area contributed by atoms with Crippen LogP contribution in [0.3, 0.4) is 0 Å². The van der Waals surface area contributed by atoms with Crippen LogP contribution in [-0.2, 0) is 27.1 Å². The molecule has 0 saturated carbocycles. The molecule has 3 fully saturated rings. The second kappa shape index (κ2) is 19.6. The van der Waals surface area contributed by atoms with E-state index in [1.54, 1.807) is 19.9 Å². The smallest absolute Gasteiger partial charge is 0.128 e. The topological polar surface area (TPSA) is 283 Å². The Balaban J connectivity index is 0.000000234. The highest BCUT2D eigenvalue weighted by atomic mass is 16.6. The predicted octanol–water partition coefficient (Wildman–Crippen LogP) is -3.55. The van der Waals surface area contributed by atoms with Crippen molar-refractivity contribution in [3.8, 4) is 0 Å². The van der Waals surface area contributed by atoms with Crippen LogP contribution in [0.4, 0.5) is 0 Å². The second-order valence-electron chi connectivity index (χ2n) is 12.7. The summed E-state index contributed by atoms with van der Waals surface area (Å²) >= 11 is 0. The third kappa shape index (κ3) is 10.4. The number of aliphatic hydroxyl groups excluding tert-OH is 12. The van der Waals surface area contributed by atoms with Gasteiger partial charge in [0.1, 0.15) is 79.4 Å². The molecule has 4 heterocycles. The van der Waals surface area contributed by atoms with Crippen LogP contribution < -0.4 is 0 Å². The number of rotatable bonds is 7. The predicted molar refractivity (Wildman–Crippen MR) is 174 cm³/mol. The maximum atomic E-state index is 10.3. The number of aliphatic hydroxyl groups is 12. The van der Waals surface area contributed by atoms with Crippen molar-refractivity contribution in [3.05, 3.63) is 65.0 Å².